The van der Waals surface area contributed by atoms with Gasteiger partial charge in [0.2, 0.25) is 0 Å². The number of rotatable bonds is 3. The standard InChI is InChI=1S/C15H20BrNO2/c1-11-3-4-13(16)9-14(11)15(18)17(2)10-12-5-7-19-8-6-12/h3-4,9,12H,5-8,10H2,1-2H3. The molecule has 0 saturated carbocycles. The Morgan fingerprint density at radius 3 is 2.79 bits per heavy atom. The Balaban J connectivity index is 2.03. The molecular formula is C15H20BrNO2. The topological polar surface area (TPSA) is 29.5 Å². The summed E-state index contributed by atoms with van der Waals surface area (Å²) in [4.78, 5) is 14.3. The third kappa shape index (κ3) is 3.80. The van der Waals surface area contributed by atoms with Crippen LogP contribution in [-0.2, 0) is 4.74 Å². The molecule has 1 amide bonds. The average Bonchev–Trinajstić information content (AvgIpc) is 2.42. The zero-order valence-electron chi connectivity index (χ0n) is 11.5. The maximum atomic E-state index is 12.5. The summed E-state index contributed by atoms with van der Waals surface area (Å²) in [7, 11) is 1.89. The first-order valence-electron chi connectivity index (χ1n) is 6.67. The molecule has 19 heavy (non-hydrogen) atoms. The van der Waals surface area contributed by atoms with Gasteiger partial charge in [-0.25, -0.2) is 0 Å². The van der Waals surface area contributed by atoms with Gasteiger partial charge in [-0.15, -0.1) is 0 Å². The molecule has 1 fully saturated rings. The van der Waals surface area contributed by atoms with Crippen molar-refractivity contribution in [3.05, 3.63) is 33.8 Å². The smallest absolute Gasteiger partial charge is 0.253 e. The molecule has 1 aromatic carbocycles. The molecule has 0 N–H and O–H groups in total. The molecule has 3 nitrogen and oxygen atoms in total. The molecule has 0 aliphatic carbocycles. The number of hydrogen-bond donors (Lipinski definition) is 0. The molecular weight excluding hydrogens is 306 g/mol. The quantitative estimate of drug-likeness (QED) is 0.853. The fourth-order valence-corrected chi connectivity index (χ4v) is 2.79. The Hall–Kier alpha value is -0.870. The van der Waals surface area contributed by atoms with Gasteiger partial charge in [-0.1, -0.05) is 22.0 Å². The van der Waals surface area contributed by atoms with E-state index in [0.717, 1.165) is 48.2 Å². The van der Waals surface area contributed by atoms with Crippen molar-refractivity contribution in [1.82, 2.24) is 4.90 Å². The summed E-state index contributed by atoms with van der Waals surface area (Å²) in [5.74, 6) is 0.667. The molecule has 1 saturated heterocycles. The normalized spacial score (nSPS) is 16.4. The summed E-state index contributed by atoms with van der Waals surface area (Å²) in [6, 6.07) is 5.84. The average molecular weight is 326 g/mol. The second kappa shape index (κ2) is 6.53. The lowest BCUT2D eigenvalue weighted by Gasteiger charge is -2.27. The van der Waals surface area contributed by atoms with Gasteiger partial charge in [0.15, 0.2) is 0 Å². The Morgan fingerprint density at radius 2 is 2.11 bits per heavy atom. The Morgan fingerprint density at radius 1 is 1.42 bits per heavy atom. The number of carbonyl (C=O) groups is 1. The molecule has 1 aliphatic heterocycles. The molecule has 0 radical (unpaired) electrons. The number of nitrogens with zero attached hydrogens (tertiary/aromatic N) is 1. The molecule has 2 rings (SSSR count). The molecule has 0 spiro atoms. The summed E-state index contributed by atoms with van der Waals surface area (Å²) >= 11 is 3.42. The van der Waals surface area contributed by atoms with Crippen molar-refractivity contribution < 1.29 is 9.53 Å². The van der Waals surface area contributed by atoms with Gasteiger partial charge in [-0.3, -0.25) is 4.79 Å². The first-order chi connectivity index (χ1) is 9.08. The lowest BCUT2D eigenvalue weighted by Crippen LogP contribution is -2.34. The molecule has 1 aliphatic rings. The second-order valence-electron chi connectivity index (χ2n) is 5.20. The lowest BCUT2D eigenvalue weighted by atomic mass is 9.99. The van der Waals surface area contributed by atoms with Crippen molar-refractivity contribution in [1.29, 1.82) is 0 Å². The summed E-state index contributed by atoms with van der Waals surface area (Å²) in [5.41, 5.74) is 1.80. The summed E-state index contributed by atoms with van der Waals surface area (Å²) in [6.07, 6.45) is 2.10. The van der Waals surface area contributed by atoms with E-state index in [9.17, 15) is 4.79 Å². The maximum absolute atomic E-state index is 12.5. The number of benzene rings is 1. The van der Waals surface area contributed by atoms with Gasteiger partial charge in [-0.05, 0) is 43.4 Å². The molecule has 0 atom stereocenters. The van der Waals surface area contributed by atoms with Crippen molar-refractivity contribution in [2.45, 2.75) is 19.8 Å². The van der Waals surface area contributed by atoms with E-state index in [4.69, 9.17) is 4.74 Å². The highest BCUT2D eigenvalue weighted by atomic mass is 79.9. The number of ether oxygens (including phenoxy) is 1. The van der Waals surface area contributed by atoms with Gasteiger partial charge >= 0.3 is 0 Å². The van der Waals surface area contributed by atoms with Crippen LogP contribution in [0.4, 0.5) is 0 Å². The van der Waals surface area contributed by atoms with Gasteiger partial charge in [-0.2, -0.15) is 0 Å². The largest absolute Gasteiger partial charge is 0.381 e. The first kappa shape index (κ1) is 14.5. The van der Waals surface area contributed by atoms with E-state index in [1.165, 1.54) is 0 Å². The van der Waals surface area contributed by atoms with Crippen molar-refractivity contribution >= 4 is 21.8 Å². The number of carbonyl (C=O) groups excluding carboxylic acids is 1. The van der Waals surface area contributed by atoms with Gasteiger partial charge in [0.05, 0.1) is 0 Å². The summed E-state index contributed by atoms with van der Waals surface area (Å²) < 4.78 is 6.30. The molecule has 1 heterocycles. The van der Waals surface area contributed by atoms with Crippen molar-refractivity contribution in [3.63, 3.8) is 0 Å². The minimum absolute atomic E-state index is 0.102. The van der Waals surface area contributed by atoms with E-state index in [1.54, 1.807) is 0 Å². The number of aryl methyl sites for hydroxylation is 1. The van der Waals surface area contributed by atoms with Crippen LogP contribution in [0.25, 0.3) is 0 Å². The van der Waals surface area contributed by atoms with E-state index < -0.39 is 0 Å². The van der Waals surface area contributed by atoms with Gasteiger partial charge < -0.3 is 9.64 Å². The van der Waals surface area contributed by atoms with Crippen LogP contribution in [0.15, 0.2) is 22.7 Å². The minimum atomic E-state index is 0.102. The highest BCUT2D eigenvalue weighted by Crippen LogP contribution is 2.20. The molecule has 0 bridgehead atoms. The molecule has 1 aromatic rings. The van der Waals surface area contributed by atoms with Crippen LogP contribution in [0.5, 0.6) is 0 Å². The van der Waals surface area contributed by atoms with Crippen molar-refractivity contribution in [2.24, 2.45) is 5.92 Å². The number of hydrogen-bond acceptors (Lipinski definition) is 2. The monoisotopic (exact) mass is 325 g/mol. The van der Waals surface area contributed by atoms with Crippen molar-refractivity contribution in [3.8, 4) is 0 Å². The van der Waals surface area contributed by atoms with E-state index in [2.05, 4.69) is 15.9 Å². The van der Waals surface area contributed by atoms with E-state index in [1.807, 2.05) is 37.1 Å². The second-order valence-corrected chi connectivity index (χ2v) is 6.12. The maximum Gasteiger partial charge on any atom is 0.253 e. The molecule has 0 unspecified atom stereocenters. The Kier molecular flexibility index (Phi) is 4.99. The van der Waals surface area contributed by atoms with Gasteiger partial charge in [0.25, 0.3) is 5.91 Å². The zero-order chi connectivity index (χ0) is 13.8. The predicted molar refractivity (Wildman–Crippen MR) is 79.4 cm³/mol. The summed E-state index contributed by atoms with van der Waals surface area (Å²) in [6.45, 7) is 4.43. The fourth-order valence-electron chi connectivity index (χ4n) is 2.43. The minimum Gasteiger partial charge on any atom is -0.381 e. The van der Waals surface area contributed by atoms with Gasteiger partial charge in [0, 0.05) is 36.8 Å². The lowest BCUT2D eigenvalue weighted by molar-refractivity contribution is 0.0497. The van der Waals surface area contributed by atoms with E-state index in [-0.39, 0.29) is 5.91 Å². The van der Waals surface area contributed by atoms with Crippen LogP contribution in [0.3, 0.4) is 0 Å². The van der Waals surface area contributed by atoms with E-state index >= 15 is 0 Å². The Labute approximate surface area is 123 Å². The number of halogens is 1. The van der Waals surface area contributed by atoms with Crippen LogP contribution >= 0.6 is 15.9 Å². The van der Waals surface area contributed by atoms with Crippen LogP contribution < -0.4 is 0 Å². The van der Waals surface area contributed by atoms with Crippen LogP contribution in [0.2, 0.25) is 0 Å². The molecule has 104 valence electrons. The van der Waals surface area contributed by atoms with Crippen LogP contribution in [0, 0.1) is 12.8 Å². The SMILES string of the molecule is Cc1ccc(Br)cc1C(=O)N(C)CC1CCOCC1. The third-order valence-electron chi connectivity index (χ3n) is 3.65. The predicted octanol–water partition coefficient (Wildman–Crippen LogP) is 3.26. The highest BCUT2D eigenvalue weighted by Gasteiger charge is 2.20. The first-order valence-corrected chi connectivity index (χ1v) is 7.46. The molecule has 4 heteroatoms. The Bertz CT molecular complexity index is 455. The number of amides is 1. The van der Waals surface area contributed by atoms with Gasteiger partial charge in [0.1, 0.15) is 0 Å². The molecule has 0 aromatic heterocycles. The van der Waals surface area contributed by atoms with Crippen LogP contribution in [-0.4, -0.2) is 37.6 Å². The third-order valence-corrected chi connectivity index (χ3v) is 4.14. The fraction of sp³-hybridized carbons (Fsp3) is 0.533. The van der Waals surface area contributed by atoms with Crippen LogP contribution in [0.1, 0.15) is 28.8 Å². The van der Waals surface area contributed by atoms with E-state index in [0.29, 0.717) is 5.92 Å². The summed E-state index contributed by atoms with van der Waals surface area (Å²) in [5, 5.41) is 0. The van der Waals surface area contributed by atoms with Crippen molar-refractivity contribution in [2.75, 3.05) is 26.8 Å². The highest BCUT2D eigenvalue weighted by molar-refractivity contribution is 9.10. The zero-order valence-corrected chi connectivity index (χ0v) is 13.1.